The largest absolute Gasteiger partial charge is 0.416 e. The van der Waals surface area contributed by atoms with Crippen LogP contribution in [0, 0.1) is 0 Å². The van der Waals surface area contributed by atoms with E-state index in [1.165, 1.54) is 23.8 Å². The lowest BCUT2D eigenvalue weighted by atomic mass is 9.88. The predicted molar refractivity (Wildman–Crippen MR) is 123 cm³/mol. The van der Waals surface area contributed by atoms with Crippen LogP contribution in [0.15, 0.2) is 78.9 Å². The first kappa shape index (κ1) is 23.5. The van der Waals surface area contributed by atoms with Crippen molar-refractivity contribution < 1.29 is 22.8 Å². The second kappa shape index (κ2) is 10.1. The average Bonchev–Trinajstić information content (AvgIpc) is 2.85. The average molecular weight is 467 g/mol. The summed E-state index contributed by atoms with van der Waals surface area (Å²) < 4.78 is 39.5. The fourth-order valence-electron chi connectivity index (χ4n) is 4.43. The number of carbonyl (C=O) groups is 2. The summed E-state index contributed by atoms with van der Waals surface area (Å²) in [5.74, 6) is -0.617. The van der Waals surface area contributed by atoms with Crippen molar-refractivity contribution in [2.24, 2.45) is 0 Å². The summed E-state index contributed by atoms with van der Waals surface area (Å²) >= 11 is 0. The molecule has 1 heterocycles. The van der Waals surface area contributed by atoms with Gasteiger partial charge in [-0.05, 0) is 34.7 Å². The first-order valence-corrected chi connectivity index (χ1v) is 11.2. The molecule has 0 saturated heterocycles. The van der Waals surface area contributed by atoms with Gasteiger partial charge in [-0.15, -0.1) is 0 Å². The van der Waals surface area contributed by atoms with E-state index in [2.05, 4.69) is 11.4 Å². The fraction of sp³-hybridized carbons (Fsp3) is 0.259. The van der Waals surface area contributed by atoms with E-state index in [0.29, 0.717) is 6.54 Å². The number of hydrogen-bond donors (Lipinski definition) is 1. The van der Waals surface area contributed by atoms with E-state index in [1.54, 1.807) is 4.90 Å². The van der Waals surface area contributed by atoms with E-state index in [0.717, 1.165) is 23.6 Å². The molecule has 0 aliphatic carbocycles. The van der Waals surface area contributed by atoms with Gasteiger partial charge in [0.2, 0.25) is 11.8 Å². The maximum Gasteiger partial charge on any atom is 0.416 e. The molecule has 0 unspecified atom stereocenters. The second-order valence-corrected chi connectivity index (χ2v) is 8.28. The molecule has 1 atom stereocenters. The Hall–Kier alpha value is -3.61. The Labute approximate surface area is 196 Å². The lowest BCUT2D eigenvalue weighted by Crippen LogP contribution is -2.41. The number of nitrogens with one attached hydrogen (secondary N) is 1. The van der Waals surface area contributed by atoms with Gasteiger partial charge in [-0.2, -0.15) is 13.2 Å². The lowest BCUT2D eigenvalue weighted by molar-refractivity contribution is -0.138. The smallest absolute Gasteiger partial charge is 0.352 e. The van der Waals surface area contributed by atoms with Crippen LogP contribution in [-0.4, -0.2) is 23.3 Å². The SMILES string of the molecule is O=C(CCC(=O)N1CCc2ccccc2[C@H]1c1ccccc1)NCc1ccccc1C(F)(F)F. The first-order chi connectivity index (χ1) is 16.3. The molecular formula is C27H25F3N2O2. The number of fused-ring (bicyclic) bond motifs is 1. The minimum atomic E-state index is -4.49. The molecule has 2 amide bonds. The number of carbonyl (C=O) groups excluding carboxylic acids is 2. The van der Waals surface area contributed by atoms with E-state index in [1.807, 2.05) is 48.5 Å². The van der Waals surface area contributed by atoms with Gasteiger partial charge in [-0.3, -0.25) is 9.59 Å². The Morgan fingerprint density at radius 3 is 2.32 bits per heavy atom. The maximum atomic E-state index is 13.2. The monoisotopic (exact) mass is 466 g/mol. The highest BCUT2D eigenvalue weighted by Gasteiger charge is 2.33. The number of alkyl halides is 3. The Bertz CT molecular complexity index is 1160. The fourth-order valence-corrected chi connectivity index (χ4v) is 4.43. The van der Waals surface area contributed by atoms with Crippen LogP contribution in [0.5, 0.6) is 0 Å². The molecular weight excluding hydrogens is 441 g/mol. The number of rotatable bonds is 6. The van der Waals surface area contributed by atoms with Gasteiger partial charge in [-0.25, -0.2) is 0 Å². The molecule has 3 aromatic carbocycles. The molecule has 0 spiro atoms. The van der Waals surface area contributed by atoms with Gasteiger partial charge in [0, 0.05) is 25.9 Å². The number of halogens is 3. The van der Waals surface area contributed by atoms with Crippen LogP contribution in [0.4, 0.5) is 13.2 Å². The van der Waals surface area contributed by atoms with Crippen molar-refractivity contribution in [1.29, 1.82) is 0 Å². The van der Waals surface area contributed by atoms with Crippen molar-refractivity contribution in [3.8, 4) is 0 Å². The van der Waals surface area contributed by atoms with Gasteiger partial charge in [0.05, 0.1) is 11.6 Å². The van der Waals surface area contributed by atoms with Gasteiger partial charge in [-0.1, -0.05) is 72.8 Å². The minimum absolute atomic E-state index is 0.00791. The molecule has 1 aliphatic rings. The van der Waals surface area contributed by atoms with Crippen LogP contribution in [0.1, 0.15) is 46.7 Å². The molecule has 0 saturated carbocycles. The van der Waals surface area contributed by atoms with E-state index >= 15 is 0 Å². The molecule has 1 N–H and O–H groups in total. The third-order valence-corrected chi connectivity index (χ3v) is 6.08. The Morgan fingerprint density at radius 2 is 1.56 bits per heavy atom. The van der Waals surface area contributed by atoms with E-state index < -0.39 is 17.6 Å². The van der Waals surface area contributed by atoms with E-state index in [4.69, 9.17) is 0 Å². The van der Waals surface area contributed by atoms with Crippen LogP contribution in [0.3, 0.4) is 0 Å². The summed E-state index contributed by atoms with van der Waals surface area (Å²) in [7, 11) is 0. The lowest BCUT2D eigenvalue weighted by Gasteiger charge is -2.38. The molecule has 34 heavy (non-hydrogen) atoms. The molecule has 3 aromatic rings. The second-order valence-electron chi connectivity index (χ2n) is 8.28. The standard InChI is InChI=1S/C27H25F3N2O2/c28-27(29,30)23-13-7-5-11-21(23)18-31-24(33)14-15-25(34)32-17-16-19-8-4-6-12-22(19)26(32)20-9-2-1-3-10-20/h1-13,26H,14-18H2,(H,31,33)/t26-/m1/s1. The highest BCUT2D eigenvalue weighted by atomic mass is 19.4. The molecule has 0 bridgehead atoms. The van der Waals surface area contributed by atoms with Crippen molar-refractivity contribution in [2.75, 3.05) is 6.54 Å². The van der Waals surface area contributed by atoms with Crippen LogP contribution < -0.4 is 5.32 Å². The molecule has 176 valence electrons. The minimum Gasteiger partial charge on any atom is -0.352 e. The normalized spacial score (nSPS) is 15.5. The number of benzene rings is 3. The zero-order chi connectivity index (χ0) is 24.1. The van der Waals surface area contributed by atoms with E-state index in [9.17, 15) is 22.8 Å². The summed E-state index contributed by atoms with van der Waals surface area (Å²) in [6, 6.07) is 22.7. The third kappa shape index (κ3) is 5.30. The maximum absolute atomic E-state index is 13.2. The van der Waals surface area contributed by atoms with Gasteiger partial charge in [0.25, 0.3) is 0 Å². The molecule has 4 nitrogen and oxygen atoms in total. The van der Waals surface area contributed by atoms with Gasteiger partial charge in [0.1, 0.15) is 0 Å². The highest BCUT2D eigenvalue weighted by Crippen LogP contribution is 2.35. The van der Waals surface area contributed by atoms with Crippen LogP contribution in [0.25, 0.3) is 0 Å². The summed E-state index contributed by atoms with van der Waals surface area (Å²) in [5, 5.41) is 2.52. The number of amides is 2. The van der Waals surface area contributed by atoms with Crippen LogP contribution in [-0.2, 0) is 28.7 Å². The molecule has 1 aliphatic heterocycles. The van der Waals surface area contributed by atoms with E-state index in [-0.39, 0.29) is 36.9 Å². The topological polar surface area (TPSA) is 49.4 Å². The molecule has 0 radical (unpaired) electrons. The molecule has 0 aromatic heterocycles. The Balaban J connectivity index is 1.41. The zero-order valence-electron chi connectivity index (χ0n) is 18.5. The van der Waals surface area contributed by atoms with Crippen molar-refractivity contribution in [3.05, 3.63) is 107 Å². The van der Waals surface area contributed by atoms with Gasteiger partial charge in [0.15, 0.2) is 0 Å². The van der Waals surface area contributed by atoms with Gasteiger partial charge >= 0.3 is 6.18 Å². The van der Waals surface area contributed by atoms with Crippen molar-refractivity contribution in [1.82, 2.24) is 10.2 Å². The Morgan fingerprint density at radius 1 is 0.882 bits per heavy atom. The van der Waals surface area contributed by atoms with Gasteiger partial charge < -0.3 is 10.2 Å². The Kier molecular flexibility index (Phi) is 7.01. The number of hydrogen-bond acceptors (Lipinski definition) is 2. The van der Waals surface area contributed by atoms with Crippen molar-refractivity contribution >= 4 is 11.8 Å². The third-order valence-electron chi connectivity index (χ3n) is 6.08. The molecule has 7 heteroatoms. The quantitative estimate of drug-likeness (QED) is 0.538. The summed E-state index contributed by atoms with van der Waals surface area (Å²) in [6.45, 7) is 0.294. The summed E-state index contributed by atoms with van der Waals surface area (Å²) in [5.41, 5.74) is 2.48. The molecule has 4 rings (SSSR count). The highest BCUT2D eigenvalue weighted by molar-refractivity contribution is 5.84. The predicted octanol–water partition coefficient (Wildman–Crippen LogP) is 5.28. The first-order valence-electron chi connectivity index (χ1n) is 11.2. The zero-order valence-corrected chi connectivity index (χ0v) is 18.5. The number of nitrogens with zero attached hydrogens (tertiary/aromatic N) is 1. The molecule has 0 fully saturated rings. The van der Waals surface area contributed by atoms with Crippen molar-refractivity contribution in [2.45, 2.75) is 38.0 Å². The van der Waals surface area contributed by atoms with Crippen molar-refractivity contribution in [3.63, 3.8) is 0 Å². The van der Waals surface area contributed by atoms with Crippen LogP contribution in [0.2, 0.25) is 0 Å². The summed E-state index contributed by atoms with van der Waals surface area (Å²) in [4.78, 5) is 27.3. The summed E-state index contributed by atoms with van der Waals surface area (Å²) in [6.07, 6.45) is -3.87. The van der Waals surface area contributed by atoms with Crippen LogP contribution >= 0.6 is 0 Å².